The Morgan fingerprint density at radius 2 is 1.92 bits per heavy atom. The fraction of sp³-hybridized carbons (Fsp3) is 0.474. The Morgan fingerprint density at radius 3 is 2.60 bits per heavy atom. The highest BCUT2D eigenvalue weighted by molar-refractivity contribution is 5.81. The number of nitrogens with zero attached hydrogens (tertiary/aromatic N) is 1. The molecule has 1 fully saturated rings. The fourth-order valence-electron chi connectivity index (χ4n) is 2.65. The maximum atomic E-state index is 12.6. The van der Waals surface area contributed by atoms with Crippen LogP contribution in [-0.4, -0.2) is 30.2 Å². The zero-order valence-corrected chi connectivity index (χ0v) is 14.8. The van der Waals surface area contributed by atoms with Gasteiger partial charge in [0, 0.05) is 5.41 Å². The Balaban J connectivity index is 1.64. The molecule has 6 nitrogen and oxygen atoms in total. The van der Waals surface area contributed by atoms with Crippen LogP contribution in [0.4, 0.5) is 0 Å². The van der Waals surface area contributed by atoms with Crippen molar-refractivity contribution in [2.45, 2.75) is 44.9 Å². The van der Waals surface area contributed by atoms with Gasteiger partial charge in [-0.25, -0.2) is 4.98 Å². The van der Waals surface area contributed by atoms with Gasteiger partial charge in [-0.3, -0.25) is 4.79 Å². The molecule has 0 radical (unpaired) electrons. The van der Waals surface area contributed by atoms with Gasteiger partial charge in [0.1, 0.15) is 12.4 Å². The summed E-state index contributed by atoms with van der Waals surface area (Å²) in [6.07, 6.45) is 0.534. The van der Waals surface area contributed by atoms with Crippen LogP contribution in [-0.2, 0) is 26.2 Å². The van der Waals surface area contributed by atoms with Crippen LogP contribution in [0.1, 0.15) is 44.0 Å². The standard InChI is InChI=1S/C19H24N2O4/c1-19(2,3)14-12-25-15(21-14)11-20-18(22)17-16(23-9-10-24-17)13-7-5-4-6-8-13/h4-8,12,16-17H,9-11H2,1-3H3,(H,20,22)/t16-,17-/m1/s1. The second kappa shape index (κ2) is 7.37. The van der Waals surface area contributed by atoms with Crippen LogP contribution in [0, 0.1) is 0 Å². The normalized spacial score (nSPS) is 21.1. The largest absolute Gasteiger partial charge is 0.447 e. The summed E-state index contributed by atoms with van der Waals surface area (Å²) in [5.41, 5.74) is 1.69. The van der Waals surface area contributed by atoms with Gasteiger partial charge in [0.2, 0.25) is 5.89 Å². The smallest absolute Gasteiger partial charge is 0.252 e. The average Bonchev–Trinajstić information content (AvgIpc) is 3.10. The van der Waals surface area contributed by atoms with Crippen LogP contribution in [0.15, 0.2) is 41.0 Å². The summed E-state index contributed by atoms with van der Waals surface area (Å²) in [7, 11) is 0. The topological polar surface area (TPSA) is 73.6 Å². The summed E-state index contributed by atoms with van der Waals surface area (Å²) in [5, 5.41) is 2.83. The van der Waals surface area contributed by atoms with Crippen molar-refractivity contribution in [2.75, 3.05) is 13.2 Å². The van der Waals surface area contributed by atoms with Crippen LogP contribution in [0.2, 0.25) is 0 Å². The Hall–Kier alpha value is -2.18. The summed E-state index contributed by atoms with van der Waals surface area (Å²) in [6, 6.07) is 9.64. The van der Waals surface area contributed by atoms with E-state index in [1.165, 1.54) is 0 Å². The van der Waals surface area contributed by atoms with Gasteiger partial charge < -0.3 is 19.2 Å². The molecule has 0 unspecified atom stereocenters. The lowest BCUT2D eigenvalue weighted by Crippen LogP contribution is -2.44. The molecule has 6 heteroatoms. The van der Waals surface area contributed by atoms with Crippen molar-refractivity contribution in [1.82, 2.24) is 10.3 Å². The van der Waals surface area contributed by atoms with Gasteiger partial charge in [0.05, 0.1) is 25.5 Å². The van der Waals surface area contributed by atoms with Crippen LogP contribution >= 0.6 is 0 Å². The van der Waals surface area contributed by atoms with Gasteiger partial charge in [-0.2, -0.15) is 0 Å². The second-order valence-corrected chi connectivity index (χ2v) is 7.09. The maximum Gasteiger partial charge on any atom is 0.252 e. The molecule has 2 aromatic rings. The Labute approximate surface area is 147 Å². The molecule has 1 aromatic carbocycles. The van der Waals surface area contributed by atoms with E-state index in [1.807, 2.05) is 30.3 Å². The van der Waals surface area contributed by atoms with E-state index in [2.05, 4.69) is 31.1 Å². The summed E-state index contributed by atoms with van der Waals surface area (Å²) in [5.74, 6) is 0.246. The van der Waals surface area contributed by atoms with E-state index in [4.69, 9.17) is 13.9 Å². The third-order valence-electron chi connectivity index (χ3n) is 4.07. The maximum absolute atomic E-state index is 12.6. The Bertz CT molecular complexity index is 706. The molecule has 1 aliphatic heterocycles. The zero-order valence-electron chi connectivity index (χ0n) is 14.8. The highest BCUT2D eigenvalue weighted by atomic mass is 16.6. The molecule has 0 saturated carbocycles. The second-order valence-electron chi connectivity index (χ2n) is 7.09. The molecule has 1 saturated heterocycles. The quantitative estimate of drug-likeness (QED) is 0.923. The first kappa shape index (κ1) is 17.6. The molecule has 1 N–H and O–H groups in total. The van der Waals surface area contributed by atoms with Gasteiger partial charge in [-0.05, 0) is 5.56 Å². The zero-order chi connectivity index (χ0) is 17.9. The predicted molar refractivity (Wildman–Crippen MR) is 91.9 cm³/mol. The molecule has 3 rings (SSSR count). The molecule has 1 aliphatic rings. The van der Waals surface area contributed by atoms with E-state index >= 15 is 0 Å². The van der Waals surface area contributed by atoms with Gasteiger partial charge in [0.25, 0.3) is 5.91 Å². The Kier molecular flexibility index (Phi) is 5.20. The van der Waals surface area contributed by atoms with Crippen LogP contribution in [0.3, 0.4) is 0 Å². The summed E-state index contributed by atoms with van der Waals surface area (Å²) < 4.78 is 16.9. The first-order valence-corrected chi connectivity index (χ1v) is 8.46. The highest BCUT2D eigenvalue weighted by Crippen LogP contribution is 2.27. The van der Waals surface area contributed by atoms with Crippen LogP contribution in [0.25, 0.3) is 0 Å². The molecule has 2 atom stereocenters. The van der Waals surface area contributed by atoms with Gasteiger partial charge in [-0.1, -0.05) is 51.1 Å². The van der Waals surface area contributed by atoms with E-state index in [1.54, 1.807) is 6.26 Å². The molecule has 134 valence electrons. The van der Waals surface area contributed by atoms with Crippen molar-refractivity contribution < 1.29 is 18.7 Å². The third-order valence-corrected chi connectivity index (χ3v) is 4.07. The van der Waals surface area contributed by atoms with E-state index < -0.39 is 12.2 Å². The van der Waals surface area contributed by atoms with Crippen molar-refractivity contribution in [3.8, 4) is 0 Å². The van der Waals surface area contributed by atoms with E-state index in [-0.39, 0.29) is 17.9 Å². The fourth-order valence-corrected chi connectivity index (χ4v) is 2.65. The number of nitrogens with one attached hydrogen (secondary N) is 1. The lowest BCUT2D eigenvalue weighted by atomic mass is 9.93. The van der Waals surface area contributed by atoms with Crippen molar-refractivity contribution in [3.05, 3.63) is 53.7 Å². The van der Waals surface area contributed by atoms with Crippen molar-refractivity contribution in [3.63, 3.8) is 0 Å². The summed E-state index contributed by atoms with van der Waals surface area (Å²) in [4.78, 5) is 17.0. The van der Waals surface area contributed by atoms with E-state index in [0.717, 1.165) is 11.3 Å². The van der Waals surface area contributed by atoms with Gasteiger partial charge in [-0.15, -0.1) is 0 Å². The summed E-state index contributed by atoms with van der Waals surface area (Å²) >= 11 is 0. The number of carbonyl (C=O) groups excluding carboxylic acids is 1. The lowest BCUT2D eigenvalue weighted by Gasteiger charge is -2.31. The summed E-state index contributed by atoms with van der Waals surface area (Å²) in [6.45, 7) is 7.27. The third kappa shape index (κ3) is 4.27. The van der Waals surface area contributed by atoms with Crippen molar-refractivity contribution in [2.24, 2.45) is 0 Å². The van der Waals surface area contributed by atoms with Gasteiger partial charge >= 0.3 is 0 Å². The number of amides is 1. The number of rotatable bonds is 4. The minimum atomic E-state index is -0.687. The molecule has 2 heterocycles. The monoisotopic (exact) mass is 344 g/mol. The predicted octanol–water partition coefficient (Wildman–Crippen LogP) is 2.75. The van der Waals surface area contributed by atoms with Crippen molar-refractivity contribution >= 4 is 5.91 Å². The van der Waals surface area contributed by atoms with Crippen LogP contribution < -0.4 is 5.32 Å². The number of hydrogen-bond acceptors (Lipinski definition) is 5. The number of aromatic nitrogens is 1. The highest BCUT2D eigenvalue weighted by Gasteiger charge is 2.34. The number of hydrogen-bond donors (Lipinski definition) is 1. The first-order chi connectivity index (χ1) is 11.9. The molecular weight excluding hydrogens is 320 g/mol. The average molecular weight is 344 g/mol. The molecule has 25 heavy (non-hydrogen) atoms. The molecule has 0 bridgehead atoms. The van der Waals surface area contributed by atoms with E-state index in [0.29, 0.717) is 19.1 Å². The number of ether oxygens (including phenoxy) is 2. The van der Waals surface area contributed by atoms with Crippen molar-refractivity contribution in [1.29, 1.82) is 0 Å². The lowest BCUT2D eigenvalue weighted by molar-refractivity contribution is -0.167. The number of oxazole rings is 1. The number of carbonyl (C=O) groups is 1. The molecule has 1 aromatic heterocycles. The van der Waals surface area contributed by atoms with Crippen LogP contribution in [0.5, 0.6) is 0 Å². The first-order valence-electron chi connectivity index (χ1n) is 8.46. The van der Waals surface area contributed by atoms with E-state index in [9.17, 15) is 4.79 Å². The molecule has 1 amide bonds. The molecule has 0 spiro atoms. The number of benzene rings is 1. The minimum absolute atomic E-state index is 0.0928. The minimum Gasteiger partial charge on any atom is -0.447 e. The SMILES string of the molecule is CC(C)(C)c1coc(CNC(=O)[C@@H]2OCCO[C@@H]2c2ccccc2)n1. The Morgan fingerprint density at radius 1 is 1.20 bits per heavy atom. The van der Waals surface area contributed by atoms with Gasteiger partial charge in [0.15, 0.2) is 6.10 Å². The molecular formula is C19H24N2O4. The molecule has 0 aliphatic carbocycles.